The Kier molecular flexibility index (Phi) is 8.09. The molecule has 8 heteroatoms. The zero-order valence-electron chi connectivity index (χ0n) is 17.4. The fourth-order valence-electron chi connectivity index (χ4n) is 2.56. The molecule has 1 unspecified atom stereocenters. The molecule has 8 nitrogen and oxygen atoms in total. The van der Waals surface area contributed by atoms with Crippen LogP contribution in [0.15, 0.2) is 45.8 Å². The summed E-state index contributed by atoms with van der Waals surface area (Å²) in [5.74, 6) is 2.21. The number of nitrogens with zero attached hydrogens (tertiary/aromatic N) is 1. The van der Waals surface area contributed by atoms with Gasteiger partial charge in [0.1, 0.15) is 29.4 Å². The van der Waals surface area contributed by atoms with Gasteiger partial charge in [0.05, 0.1) is 13.7 Å². The SMILES string of the molecule is CCNC(=NCC(=O)NCc1ccc(OC)cc1)NCC(C)(O)c1ccc(C)o1. The van der Waals surface area contributed by atoms with Crippen molar-refractivity contribution in [2.45, 2.75) is 32.9 Å². The molecule has 0 saturated heterocycles. The van der Waals surface area contributed by atoms with Crippen LogP contribution in [0, 0.1) is 6.92 Å². The number of hydrogen-bond acceptors (Lipinski definition) is 5. The summed E-state index contributed by atoms with van der Waals surface area (Å²) in [7, 11) is 1.61. The Bertz CT molecular complexity index is 812. The van der Waals surface area contributed by atoms with Crippen LogP contribution in [0.4, 0.5) is 0 Å². The fourth-order valence-corrected chi connectivity index (χ4v) is 2.56. The minimum Gasteiger partial charge on any atom is -0.497 e. The van der Waals surface area contributed by atoms with Crippen LogP contribution >= 0.6 is 0 Å². The molecule has 29 heavy (non-hydrogen) atoms. The number of amides is 1. The number of nitrogens with one attached hydrogen (secondary N) is 3. The van der Waals surface area contributed by atoms with Crippen LogP contribution in [0.1, 0.15) is 30.9 Å². The summed E-state index contributed by atoms with van der Waals surface area (Å²) in [5.41, 5.74) is -0.237. The van der Waals surface area contributed by atoms with Crippen molar-refractivity contribution in [1.82, 2.24) is 16.0 Å². The van der Waals surface area contributed by atoms with Crippen LogP contribution in [0.25, 0.3) is 0 Å². The average Bonchev–Trinajstić information content (AvgIpc) is 3.16. The third kappa shape index (κ3) is 7.15. The van der Waals surface area contributed by atoms with Gasteiger partial charge in [-0.2, -0.15) is 0 Å². The van der Waals surface area contributed by atoms with E-state index in [0.717, 1.165) is 17.1 Å². The van der Waals surface area contributed by atoms with Crippen LogP contribution in [0.5, 0.6) is 5.75 Å². The molecule has 0 bridgehead atoms. The second-order valence-electron chi connectivity index (χ2n) is 6.86. The topological polar surface area (TPSA) is 108 Å². The average molecular weight is 402 g/mol. The minimum atomic E-state index is -1.21. The molecule has 1 atom stereocenters. The largest absolute Gasteiger partial charge is 0.497 e. The maximum Gasteiger partial charge on any atom is 0.242 e. The minimum absolute atomic E-state index is 0.0342. The maximum absolute atomic E-state index is 12.1. The van der Waals surface area contributed by atoms with Crippen LogP contribution < -0.4 is 20.7 Å². The number of aryl methyl sites for hydroxylation is 1. The third-order valence-electron chi connectivity index (χ3n) is 4.24. The predicted molar refractivity (Wildman–Crippen MR) is 112 cm³/mol. The molecule has 1 heterocycles. The summed E-state index contributed by atoms with van der Waals surface area (Å²) in [6.07, 6.45) is 0. The van der Waals surface area contributed by atoms with Crippen molar-refractivity contribution >= 4 is 11.9 Å². The highest BCUT2D eigenvalue weighted by Gasteiger charge is 2.27. The number of hydrogen-bond donors (Lipinski definition) is 4. The molecule has 0 spiro atoms. The van der Waals surface area contributed by atoms with E-state index >= 15 is 0 Å². The van der Waals surface area contributed by atoms with Crippen LogP contribution in [0.3, 0.4) is 0 Å². The van der Waals surface area contributed by atoms with Crippen LogP contribution in [-0.4, -0.2) is 43.7 Å². The van der Waals surface area contributed by atoms with Gasteiger partial charge in [0.25, 0.3) is 0 Å². The van der Waals surface area contributed by atoms with Gasteiger partial charge in [0, 0.05) is 13.1 Å². The molecule has 0 saturated carbocycles. The second kappa shape index (κ2) is 10.5. The normalized spacial score (nSPS) is 13.5. The first-order valence-electron chi connectivity index (χ1n) is 9.55. The molecule has 2 rings (SSSR count). The van der Waals surface area contributed by atoms with Gasteiger partial charge in [-0.1, -0.05) is 12.1 Å². The van der Waals surface area contributed by atoms with E-state index in [9.17, 15) is 9.90 Å². The summed E-state index contributed by atoms with van der Waals surface area (Å²) in [4.78, 5) is 16.4. The Hall–Kier alpha value is -3.00. The lowest BCUT2D eigenvalue weighted by Gasteiger charge is -2.22. The lowest BCUT2D eigenvalue weighted by atomic mass is 10.0. The highest BCUT2D eigenvalue weighted by molar-refractivity contribution is 5.84. The fraction of sp³-hybridized carbons (Fsp3) is 0.429. The molecule has 0 radical (unpaired) electrons. The molecule has 2 aromatic rings. The molecular formula is C21H30N4O4. The highest BCUT2D eigenvalue weighted by Crippen LogP contribution is 2.21. The van der Waals surface area contributed by atoms with Crippen molar-refractivity contribution in [3.8, 4) is 5.75 Å². The van der Waals surface area contributed by atoms with Gasteiger partial charge in [-0.25, -0.2) is 4.99 Å². The number of guanidine groups is 1. The first-order chi connectivity index (χ1) is 13.8. The molecule has 0 aliphatic carbocycles. The zero-order chi connectivity index (χ0) is 21.3. The number of ether oxygens (including phenoxy) is 1. The van der Waals surface area contributed by atoms with E-state index in [4.69, 9.17) is 9.15 Å². The van der Waals surface area contributed by atoms with Crippen molar-refractivity contribution in [2.24, 2.45) is 4.99 Å². The molecule has 4 N–H and O–H groups in total. The van der Waals surface area contributed by atoms with E-state index in [2.05, 4.69) is 20.9 Å². The molecule has 1 amide bonds. The quantitative estimate of drug-likeness (QED) is 0.375. The van der Waals surface area contributed by atoms with Gasteiger partial charge in [-0.15, -0.1) is 0 Å². The molecule has 158 valence electrons. The Morgan fingerprint density at radius 1 is 1.17 bits per heavy atom. The number of carbonyl (C=O) groups excluding carboxylic acids is 1. The third-order valence-corrected chi connectivity index (χ3v) is 4.24. The lowest BCUT2D eigenvalue weighted by molar-refractivity contribution is -0.119. The van der Waals surface area contributed by atoms with E-state index in [1.54, 1.807) is 26.2 Å². The van der Waals surface area contributed by atoms with Gasteiger partial charge in [-0.3, -0.25) is 4.79 Å². The summed E-state index contributed by atoms with van der Waals surface area (Å²) >= 11 is 0. The Morgan fingerprint density at radius 3 is 2.48 bits per heavy atom. The van der Waals surface area contributed by atoms with Gasteiger partial charge in [0.15, 0.2) is 5.96 Å². The molecule has 1 aromatic heterocycles. The van der Waals surface area contributed by atoms with E-state index in [0.29, 0.717) is 24.8 Å². The number of benzene rings is 1. The summed E-state index contributed by atoms with van der Waals surface area (Å²) in [6, 6.07) is 11.0. The Labute approximate surface area is 171 Å². The van der Waals surface area contributed by atoms with Crippen molar-refractivity contribution in [1.29, 1.82) is 0 Å². The van der Waals surface area contributed by atoms with E-state index < -0.39 is 5.60 Å². The van der Waals surface area contributed by atoms with Crippen LogP contribution in [-0.2, 0) is 16.9 Å². The van der Waals surface area contributed by atoms with Crippen molar-refractivity contribution in [3.05, 3.63) is 53.5 Å². The predicted octanol–water partition coefficient (Wildman–Crippen LogP) is 1.68. The van der Waals surface area contributed by atoms with Crippen molar-refractivity contribution in [2.75, 3.05) is 26.7 Å². The number of rotatable bonds is 9. The molecule has 1 aromatic carbocycles. The van der Waals surface area contributed by atoms with E-state index in [1.807, 2.05) is 38.1 Å². The van der Waals surface area contributed by atoms with Gasteiger partial charge in [0.2, 0.25) is 5.91 Å². The number of methoxy groups -OCH3 is 1. The number of carbonyl (C=O) groups is 1. The Balaban J connectivity index is 1.85. The summed E-state index contributed by atoms with van der Waals surface area (Å²) in [6.45, 7) is 6.59. The number of aliphatic hydroxyl groups is 1. The van der Waals surface area contributed by atoms with Gasteiger partial charge in [-0.05, 0) is 50.6 Å². The zero-order valence-corrected chi connectivity index (χ0v) is 17.4. The molecule has 0 aliphatic heterocycles. The summed E-state index contributed by atoms with van der Waals surface area (Å²) < 4.78 is 10.6. The van der Waals surface area contributed by atoms with Crippen molar-refractivity contribution < 1.29 is 19.1 Å². The standard InChI is InChI=1S/C21H30N4O4/c1-5-22-20(25-14-21(3,27)18-11-6-15(2)29-18)24-13-19(26)23-12-16-7-9-17(28-4)10-8-16/h6-11,27H,5,12-14H2,1-4H3,(H,23,26)(H2,22,24,25). The monoisotopic (exact) mass is 402 g/mol. The lowest BCUT2D eigenvalue weighted by Crippen LogP contribution is -2.45. The van der Waals surface area contributed by atoms with Gasteiger partial charge >= 0.3 is 0 Å². The molecular weight excluding hydrogens is 372 g/mol. The second-order valence-corrected chi connectivity index (χ2v) is 6.86. The molecule has 0 aliphatic rings. The number of aliphatic imine (C=N–C) groups is 1. The van der Waals surface area contributed by atoms with E-state index in [-0.39, 0.29) is 19.0 Å². The first kappa shape index (κ1) is 22.3. The smallest absolute Gasteiger partial charge is 0.242 e. The highest BCUT2D eigenvalue weighted by atomic mass is 16.5. The first-order valence-corrected chi connectivity index (χ1v) is 9.55. The van der Waals surface area contributed by atoms with Gasteiger partial charge < -0.3 is 30.2 Å². The summed E-state index contributed by atoms with van der Waals surface area (Å²) in [5, 5.41) is 19.5. The van der Waals surface area contributed by atoms with Crippen molar-refractivity contribution in [3.63, 3.8) is 0 Å². The van der Waals surface area contributed by atoms with Crippen LogP contribution in [0.2, 0.25) is 0 Å². The number of furan rings is 1. The maximum atomic E-state index is 12.1. The molecule has 0 fully saturated rings. The Morgan fingerprint density at radius 2 is 1.90 bits per heavy atom. The van der Waals surface area contributed by atoms with E-state index in [1.165, 1.54) is 0 Å².